The highest BCUT2D eigenvalue weighted by Gasteiger charge is 2.24. The summed E-state index contributed by atoms with van der Waals surface area (Å²) in [5.74, 6) is -1.91. The number of rotatable bonds is 6. The van der Waals surface area contributed by atoms with Crippen LogP contribution in [-0.2, 0) is 14.3 Å². The maximum absolute atomic E-state index is 11.5. The van der Waals surface area contributed by atoms with Crippen molar-refractivity contribution in [3.63, 3.8) is 0 Å². The van der Waals surface area contributed by atoms with Gasteiger partial charge in [-0.1, -0.05) is 0 Å². The summed E-state index contributed by atoms with van der Waals surface area (Å²) in [5.41, 5.74) is -0.420. The van der Waals surface area contributed by atoms with Gasteiger partial charge >= 0.3 is 5.97 Å². The third kappa shape index (κ3) is 4.34. The van der Waals surface area contributed by atoms with Gasteiger partial charge in [0.1, 0.15) is 11.4 Å². The average molecular weight is 295 g/mol. The van der Waals surface area contributed by atoms with Crippen LogP contribution in [0.1, 0.15) is 13.8 Å². The van der Waals surface area contributed by atoms with Gasteiger partial charge in [-0.3, -0.25) is 14.9 Å². The number of carbonyl (C=O) groups is 2. The zero-order valence-corrected chi connectivity index (χ0v) is 11.3. The second-order valence-electron chi connectivity index (χ2n) is 3.91. The molecule has 0 radical (unpaired) electrons. The highest BCUT2D eigenvalue weighted by atomic mass is 16.6. The third-order valence-electron chi connectivity index (χ3n) is 2.35. The van der Waals surface area contributed by atoms with E-state index in [9.17, 15) is 24.8 Å². The molecule has 0 saturated carbocycles. The first-order chi connectivity index (χ1) is 9.86. The Hall–Kier alpha value is -2.84. The number of aromatic hydroxyl groups is 1. The van der Waals surface area contributed by atoms with E-state index in [2.05, 4.69) is 15.0 Å². The van der Waals surface area contributed by atoms with Crippen molar-refractivity contribution in [1.29, 1.82) is 0 Å². The van der Waals surface area contributed by atoms with E-state index in [4.69, 9.17) is 0 Å². The minimum atomic E-state index is -1.43. The van der Waals surface area contributed by atoms with Crippen LogP contribution in [0.25, 0.3) is 0 Å². The average Bonchev–Trinajstić information content (AvgIpc) is 2.40. The van der Waals surface area contributed by atoms with Crippen molar-refractivity contribution < 1.29 is 24.4 Å². The minimum Gasteiger partial charge on any atom is -0.505 e. The number of benzene rings is 1. The Morgan fingerprint density at radius 2 is 2.14 bits per heavy atom. The molecule has 1 rings (SSSR count). The summed E-state index contributed by atoms with van der Waals surface area (Å²) in [7, 11) is 0. The predicted molar refractivity (Wildman–Crippen MR) is 70.4 cm³/mol. The van der Waals surface area contributed by atoms with E-state index in [-0.39, 0.29) is 18.0 Å². The molecule has 0 fully saturated rings. The van der Waals surface area contributed by atoms with E-state index in [0.717, 1.165) is 25.1 Å². The number of Topliss-reactive ketones (excluding diaryl/α,β-unsaturated/α-hetero) is 1. The van der Waals surface area contributed by atoms with Crippen LogP contribution in [-0.4, -0.2) is 34.4 Å². The van der Waals surface area contributed by atoms with Crippen molar-refractivity contribution in [2.24, 2.45) is 10.2 Å². The minimum absolute atomic E-state index is 0.0842. The van der Waals surface area contributed by atoms with Gasteiger partial charge < -0.3 is 9.84 Å². The van der Waals surface area contributed by atoms with Crippen molar-refractivity contribution in [2.75, 3.05) is 6.61 Å². The maximum Gasteiger partial charge on any atom is 0.340 e. The number of nitro groups is 1. The molecule has 0 heterocycles. The number of non-ortho nitro benzene ring substituents is 1. The number of esters is 1. The second-order valence-corrected chi connectivity index (χ2v) is 3.91. The number of nitrogens with zero attached hydrogens (tertiary/aromatic N) is 3. The molecule has 9 heteroatoms. The Bertz CT molecular complexity index is 599. The smallest absolute Gasteiger partial charge is 0.340 e. The number of hydrogen-bond acceptors (Lipinski definition) is 8. The molecule has 21 heavy (non-hydrogen) atoms. The van der Waals surface area contributed by atoms with Crippen LogP contribution in [0.5, 0.6) is 5.75 Å². The lowest BCUT2D eigenvalue weighted by atomic mass is 10.2. The van der Waals surface area contributed by atoms with Crippen LogP contribution in [0.3, 0.4) is 0 Å². The van der Waals surface area contributed by atoms with E-state index in [0.29, 0.717) is 0 Å². The zero-order chi connectivity index (χ0) is 16.0. The molecule has 1 aromatic rings. The van der Waals surface area contributed by atoms with Gasteiger partial charge in [-0.15, -0.1) is 0 Å². The molecule has 0 aliphatic carbocycles. The molecule has 0 spiro atoms. The van der Waals surface area contributed by atoms with E-state index >= 15 is 0 Å². The van der Waals surface area contributed by atoms with Gasteiger partial charge in [-0.05, 0) is 19.9 Å². The topological polar surface area (TPSA) is 131 Å². The van der Waals surface area contributed by atoms with Crippen molar-refractivity contribution in [1.82, 2.24) is 0 Å². The fourth-order valence-corrected chi connectivity index (χ4v) is 1.35. The number of ketones is 1. The third-order valence-corrected chi connectivity index (χ3v) is 2.35. The molecule has 0 amide bonds. The normalized spacial score (nSPS) is 12.1. The number of phenolic OH excluding ortho intramolecular Hbond substituents is 1. The van der Waals surface area contributed by atoms with E-state index < -0.39 is 28.5 Å². The molecule has 112 valence electrons. The summed E-state index contributed by atoms with van der Waals surface area (Å²) in [5, 5.41) is 27.2. The van der Waals surface area contributed by atoms with Gasteiger partial charge in [-0.2, -0.15) is 10.2 Å². The molecule has 1 unspecified atom stereocenters. The number of ether oxygens (including phenoxy) is 1. The molecule has 0 saturated heterocycles. The standard InChI is InChI=1S/C12H13N3O6/c1-3-21-12(18)11(7(2)16)14-13-9-5-4-8(15(19)20)6-10(9)17/h4-6,11,17H,3H2,1-2H3. The van der Waals surface area contributed by atoms with Crippen molar-refractivity contribution >= 4 is 23.1 Å². The van der Waals surface area contributed by atoms with Crippen molar-refractivity contribution in [2.45, 2.75) is 19.9 Å². The molecule has 1 atom stereocenters. The number of azo groups is 1. The molecule has 1 N–H and O–H groups in total. The summed E-state index contributed by atoms with van der Waals surface area (Å²) in [4.78, 5) is 32.6. The zero-order valence-electron chi connectivity index (χ0n) is 11.3. The van der Waals surface area contributed by atoms with E-state index in [1.54, 1.807) is 6.92 Å². The molecular formula is C12H13N3O6. The van der Waals surface area contributed by atoms with Gasteiger partial charge in [0.15, 0.2) is 5.78 Å². The quantitative estimate of drug-likeness (QED) is 0.280. The van der Waals surface area contributed by atoms with Crippen LogP contribution >= 0.6 is 0 Å². The molecule has 1 aromatic carbocycles. The first-order valence-corrected chi connectivity index (χ1v) is 5.92. The summed E-state index contributed by atoms with van der Waals surface area (Å²) < 4.78 is 4.67. The van der Waals surface area contributed by atoms with Crippen LogP contribution in [0.4, 0.5) is 11.4 Å². The van der Waals surface area contributed by atoms with Crippen LogP contribution < -0.4 is 0 Å². The van der Waals surface area contributed by atoms with Gasteiger partial charge in [0.25, 0.3) is 5.69 Å². The van der Waals surface area contributed by atoms with E-state index in [1.807, 2.05) is 0 Å². The summed E-state index contributed by atoms with van der Waals surface area (Å²) >= 11 is 0. The Morgan fingerprint density at radius 1 is 1.48 bits per heavy atom. The summed E-state index contributed by atoms with van der Waals surface area (Å²) in [6, 6.07) is 1.72. The molecule has 0 aliphatic rings. The number of phenols is 1. The SMILES string of the molecule is CCOC(=O)C(N=Nc1ccc([N+](=O)[O-])cc1O)C(C)=O. The summed E-state index contributed by atoms with van der Waals surface area (Å²) in [6.45, 7) is 2.81. The lowest BCUT2D eigenvalue weighted by molar-refractivity contribution is -0.384. The maximum atomic E-state index is 11.5. The van der Waals surface area contributed by atoms with Gasteiger partial charge in [0.2, 0.25) is 6.04 Å². The first kappa shape index (κ1) is 16.2. The highest BCUT2D eigenvalue weighted by molar-refractivity contribution is 6.02. The molecular weight excluding hydrogens is 282 g/mol. The van der Waals surface area contributed by atoms with Crippen molar-refractivity contribution in [3.8, 4) is 5.75 Å². The number of carbonyl (C=O) groups excluding carboxylic acids is 2. The Labute approximate surface area is 119 Å². The van der Waals surface area contributed by atoms with Crippen LogP contribution in [0.15, 0.2) is 28.4 Å². The number of hydrogen-bond donors (Lipinski definition) is 1. The van der Waals surface area contributed by atoms with E-state index in [1.165, 1.54) is 0 Å². The monoisotopic (exact) mass is 295 g/mol. The van der Waals surface area contributed by atoms with Gasteiger partial charge in [0.05, 0.1) is 17.6 Å². The molecule has 9 nitrogen and oxygen atoms in total. The van der Waals surface area contributed by atoms with Gasteiger partial charge in [0, 0.05) is 6.07 Å². The summed E-state index contributed by atoms with van der Waals surface area (Å²) in [6.07, 6.45) is 0. The van der Waals surface area contributed by atoms with Gasteiger partial charge in [-0.25, -0.2) is 4.79 Å². The fraction of sp³-hybridized carbons (Fsp3) is 0.333. The fourth-order valence-electron chi connectivity index (χ4n) is 1.35. The molecule has 0 aliphatic heterocycles. The molecule has 0 aromatic heterocycles. The predicted octanol–water partition coefficient (Wildman–Crippen LogP) is 1.90. The second kappa shape index (κ2) is 7.08. The van der Waals surface area contributed by atoms with Crippen LogP contribution in [0, 0.1) is 10.1 Å². The first-order valence-electron chi connectivity index (χ1n) is 5.92. The number of nitro benzene ring substituents is 1. The Balaban J connectivity index is 2.99. The Kier molecular flexibility index (Phi) is 5.47. The largest absolute Gasteiger partial charge is 0.505 e. The van der Waals surface area contributed by atoms with Crippen LogP contribution in [0.2, 0.25) is 0 Å². The molecule has 0 bridgehead atoms. The Morgan fingerprint density at radius 3 is 2.62 bits per heavy atom. The lowest BCUT2D eigenvalue weighted by Gasteiger charge is -2.06. The highest BCUT2D eigenvalue weighted by Crippen LogP contribution is 2.30. The van der Waals surface area contributed by atoms with Crippen molar-refractivity contribution in [3.05, 3.63) is 28.3 Å². The lowest BCUT2D eigenvalue weighted by Crippen LogP contribution is -2.28.